The Hall–Kier alpha value is -2.97. The van der Waals surface area contributed by atoms with Crippen molar-refractivity contribution in [3.05, 3.63) is 18.2 Å². The van der Waals surface area contributed by atoms with Crippen LogP contribution in [-0.4, -0.2) is 61.8 Å². The molecule has 1 saturated heterocycles. The van der Waals surface area contributed by atoms with Crippen LogP contribution in [0.5, 0.6) is 11.5 Å². The summed E-state index contributed by atoms with van der Waals surface area (Å²) in [5, 5.41) is 5.29. The second-order valence-corrected chi connectivity index (χ2v) is 6.42. The second kappa shape index (κ2) is 11.1. The number of likely N-dealkylation sites (tertiary alicyclic amines) is 1. The van der Waals surface area contributed by atoms with Crippen molar-refractivity contribution in [2.75, 3.05) is 38.2 Å². The van der Waals surface area contributed by atoms with Gasteiger partial charge in [0.25, 0.3) is 0 Å². The van der Waals surface area contributed by atoms with E-state index in [4.69, 9.17) is 14.2 Å². The lowest BCUT2D eigenvalue weighted by atomic mass is 10.1. The van der Waals surface area contributed by atoms with Crippen molar-refractivity contribution in [3.8, 4) is 11.5 Å². The number of ether oxygens (including phenoxy) is 3. The van der Waals surface area contributed by atoms with Gasteiger partial charge >= 0.3 is 17.9 Å². The van der Waals surface area contributed by atoms with Gasteiger partial charge in [-0.2, -0.15) is 0 Å². The first-order chi connectivity index (χ1) is 14.0. The molecule has 0 spiro atoms. The molecule has 160 valence electrons. The first-order valence-electron chi connectivity index (χ1n) is 9.91. The van der Waals surface area contributed by atoms with Crippen LogP contribution in [0, 0.1) is 0 Å². The monoisotopic (exact) mass is 407 g/mol. The minimum Gasteiger partial charge on any atom is -0.490 e. The summed E-state index contributed by atoms with van der Waals surface area (Å²) in [6.07, 6.45) is 0.778. The molecule has 0 radical (unpaired) electrons. The van der Waals surface area contributed by atoms with Crippen LogP contribution in [0.25, 0.3) is 0 Å². The molecule has 1 aromatic carbocycles. The van der Waals surface area contributed by atoms with Gasteiger partial charge < -0.3 is 29.7 Å². The van der Waals surface area contributed by atoms with Gasteiger partial charge in [0, 0.05) is 30.9 Å². The molecule has 0 saturated carbocycles. The number of nitrogens with zero attached hydrogens (tertiary/aromatic N) is 1. The third-order valence-electron chi connectivity index (χ3n) is 4.36. The van der Waals surface area contributed by atoms with E-state index in [0.717, 1.165) is 0 Å². The summed E-state index contributed by atoms with van der Waals surface area (Å²) in [4.78, 5) is 37.8. The van der Waals surface area contributed by atoms with E-state index in [1.54, 1.807) is 30.0 Å². The number of carbonyl (C=O) groups is 3. The summed E-state index contributed by atoms with van der Waals surface area (Å²) in [6, 6.07) is 4.79. The number of hydrogen-bond acceptors (Lipinski definition) is 6. The lowest BCUT2D eigenvalue weighted by Crippen LogP contribution is -2.49. The molecular weight excluding hydrogens is 378 g/mol. The summed E-state index contributed by atoms with van der Waals surface area (Å²) in [7, 11) is 0. The predicted octanol–water partition coefficient (Wildman–Crippen LogP) is 2.16. The van der Waals surface area contributed by atoms with Gasteiger partial charge in [0.05, 0.1) is 19.8 Å². The van der Waals surface area contributed by atoms with Crippen LogP contribution in [0.4, 0.5) is 10.5 Å². The summed E-state index contributed by atoms with van der Waals surface area (Å²) >= 11 is 0. The Morgan fingerprint density at radius 1 is 0.966 bits per heavy atom. The smallest absolute Gasteiger partial charge is 0.409 e. The van der Waals surface area contributed by atoms with Gasteiger partial charge in [0.2, 0.25) is 0 Å². The Kier molecular flexibility index (Phi) is 8.57. The molecule has 2 rings (SSSR count). The van der Waals surface area contributed by atoms with E-state index in [1.165, 1.54) is 0 Å². The van der Waals surface area contributed by atoms with Crippen LogP contribution >= 0.6 is 0 Å². The average Bonchev–Trinajstić information content (AvgIpc) is 2.71. The molecule has 0 bridgehead atoms. The van der Waals surface area contributed by atoms with E-state index in [9.17, 15) is 14.4 Å². The van der Waals surface area contributed by atoms with Crippen LogP contribution in [0.3, 0.4) is 0 Å². The second-order valence-electron chi connectivity index (χ2n) is 6.42. The molecule has 1 aromatic rings. The largest absolute Gasteiger partial charge is 0.490 e. The van der Waals surface area contributed by atoms with Crippen molar-refractivity contribution < 1.29 is 28.6 Å². The van der Waals surface area contributed by atoms with Gasteiger partial charge in [0.1, 0.15) is 0 Å². The maximum Gasteiger partial charge on any atom is 0.409 e. The Morgan fingerprint density at radius 3 is 2.24 bits per heavy atom. The zero-order valence-corrected chi connectivity index (χ0v) is 17.2. The molecule has 1 aliphatic heterocycles. The van der Waals surface area contributed by atoms with Crippen LogP contribution in [0.15, 0.2) is 18.2 Å². The summed E-state index contributed by atoms with van der Waals surface area (Å²) in [6.45, 7) is 7.68. The zero-order chi connectivity index (χ0) is 21.2. The van der Waals surface area contributed by atoms with Crippen LogP contribution < -0.4 is 20.1 Å². The van der Waals surface area contributed by atoms with Crippen LogP contribution in [0.2, 0.25) is 0 Å². The van der Waals surface area contributed by atoms with Crippen molar-refractivity contribution in [1.82, 2.24) is 10.2 Å². The standard InChI is InChI=1S/C20H29N3O6/c1-4-27-16-8-7-15(13-17(16)28-5-2)22-19(25)18(24)21-14-9-11-23(12-10-14)20(26)29-6-3/h7-8,13-14H,4-6,9-12H2,1-3H3,(H,21,24)(H,22,25). The molecule has 9 nitrogen and oxygen atoms in total. The topological polar surface area (TPSA) is 106 Å². The number of nitrogens with one attached hydrogen (secondary N) is 2. The molecule has 3 amide bonds. The zero-order valence-electron chi connectivity index (χ0n) is 17.2. The SMILES string of the molecule is CCOC(=O)N1CCC(NC(=O)C(=O)Nc2ccc(OCC)c(OCC)c2)CC1. The van der Waals surface area contributed by atoms with Gasteiger partial charge in [-0.3, -0.25) is 9.59 Å². The van der Waals surface area contributed by atoms with Crippen LogP contribution in [0.1, 0.15) is 33.6 Å². The van der Waals surface area contributed by atoms with E-state index >= 15 is 0 Å². The predicted molar refractivity (Wildman–Crippen MR) is 107 cm³/mol. The Labute approximate surface area is 170 Å². The number of carbonyl (C=O) groups excluding carboxylic acids is 3. The number of benzene rings is 1. The van der Waals surface area contributed by atoms with E-state index in [-0.39, 0.29) is 12.1 Å². The number of hydrogen-bond donors (Lipinski definition) is 2. The molecule has 2 N–H and O–H groups in total. The molecule has 29 heavy (non-hydrogen) atoms. The molecule has 1 heterocycles. The summed E-state index contributed by atoms with van der Waals surface area (Å²) < 4.78 is 16.0. The highest BCUT2D eigenvalue weighted by molar-refractivity contribution is 6.39. The number of piperidine rings is 1. The Bertz CT molecular complexity index is 716. The first-order valence-corrected chi connectivity index (χ1v) is 9.91. The minimum absolute atomic E-state index is 0.168. The van der Waals surface area contributed by atoms with Gasteiger partial charge in [-0.15, -0.1) is 0 Å². The van der Waals surface area contributed by atoms with Crippen LogP contribution in [-0.2, 0) is 14.3 Å². The number of anilines is 1. The third-order valence-corrected chi connectivity index (χ3v) is 4.36. The van der Waals surface area contributed by atoms with Crippen molar-refractivity contribution in [3.63, 3.8) is 0 Å². The molecule has 0 atom stereocenters. The third kappa shape index (κ3) is 6.55. The number of rotatable bonds is 7. The molecule has 0 aromatic heterocycles. The van der Waals surface area contributed by atoms with E-state index in [2.05, 4.69) is 10.6 Å². The quantitative estimate of drug-likeness (QED) is 0.671. The molecule has 9 heteroatoms. The highest BCUT2D eigenvalue weighted by atomic mass is 16.6. The molecule has 0 unspecified atom stereocenters. The number of amides is 3. The summed E-state index contributed by atoms with van der Waals surface area (Å²) in [5.41, 5.74) is 0.439. The molecule has 1 aliphatic rings. The maximum atomic E-state index is 12.2. The van der Waals surface area contributed by atoms with Crippen molar-refractivity contribution >= 4 is 23.6 Å². The fourth-order valence-electron chi connectivity index (χ4n) is 2.99. The maximum absolute atomic E-state index is 12.2. The molecular formula is C20H29N3O6. The van der Waals surface area contributed by atoms with E-state index in [0.29, 0.717) is 62.9 Å². The normalized spacial score (nSPS) is 14.1. The highest BCUT2D eigenvalue weighted by Gasteiger charge is 2.26. The molecule has 0 aliphatic carbocycles. The highest BCUT2D eigenvalue weighted by Crippen LogP contribution is 2.30. The fourth-order valence-corrected chi connectivity index (χ4v) is 2.99. The lowest BCUT2D eigenvalue weighted by Gasteiger charge is -2.31. The van der Waals surface area contributed by atoms with Gasteiger partial charge in [-0.25, -0.2) is 4.79 Å². The Balaban J connectivity index is 1.87. The van der Waals surface area contributed by atoms with E-state index < -0.39 is 11.8 Å². The molecule has 1 fully saturated rings. The van der Waals surface area contributed by atoms with Crippen molar-refractivity contribution in [2.45, 2.75) is 39.7 Å². The average molecular weight is 407 g/mol. The summed E-state index contributed by atoms with van der Waals surface area (Å²) in [5.74, 6) is -0.403. The van der Waals surface area contributed by atoms with Gasteiger partial charge in [0.15, 0.2) is 11.5 Å². The fraction of sp³-hybridized carbons (Fsp3) is 0.550. The van der Waals surface area contributed by atoms with Gasteiger partial charge in [-0.1, -0.05) is 0 Å². The first kappa shape index (κ1) is 22.3. The van der Waals surface area contributed by atoms with Crippen molar-refractivity contribution in [1.29, 1.82) is 0 Å². The van der Waals surface area contributed by atoms with Gasteiger partial charge in [-0.05, 0) is 45.7 Å². The lowest BCUT2D eigenvalue weighted by molar-refractivity contribution is -0.136. The van der Waals surface area contributed by atoms with E-state index in [1.807, 2.05) is 13.8 Å². The Morgan fingerprint density at radius 2 is 1.62 bits per heavy atom. The minimum atomic E-state index is -0.760. The van der Waals surface area contributed by atoms with Crippen molar-refractivity contribution in [2.24, 2.45) is 0 Å².